The molecule has 0 aromatic carbocycles. The van der Waals surface area contributed by atoms with Gasteiger partial charge < -0.3 is 15.0 Å². The first-order valence-electron chi connectivity index (χ1n) is 6.68. The second-order valence-electron chi connectivity index (χ2n) is 5.35. The molecule has 16 heavy (non-hydrogen) atoms. The molecular formula is C13H28N2O. The van der Waals surface area contributed by atoms with E-state index in [0.717, 1.165) is 25.7 Å². The maximum absolute atomic E-state index is 5.59. The van der Waals surface area contributed by atoms with E-state index >= 15 is 0 Å². The number of piperidine rings is 1. The molecule has 0 bridgehead atoms. The van der Waals surface area contributed by atoms with Crippen molar-refractivity contribution in [1.29, 1.82) is 0 Å². The summed E-state index contributed by atoms with van der Waals surface area (Å²) in [4.78, 5) is 2.40. The Balaban J connectivity index is 1.90. The summed E-state index contributed by atoms with van der Waals surface area (Å²) in [7, 11) is 2.20. The number of nitrogens with zero attached hydrogens (tertiary/aromatic N) is 1. The van der Waals surface area contributed by atoms with Gasteiger partial charge in [-0.2, -0.15) is 0 Å². The number of nitrogens with one attached hydrogen (secondary N) is 1. The molecule has 1 aliphatic heterocycles. The van der Waals surface area contributed by atoms with E-state index in [1.54, 1.807) is 0 Å². The van der Waals surface area contributed by atoms with Crippen LogP contribution in [0, 0.1) is 5.92 Å². The summed E-state index contributed by atoms with van der Waals surface area (Å²) in [5.74, 6) is 0.750. The lowest BCUT2D eigenvalue weighted by molar-refractivity contribution is 0.119. The molecule has 0 spiro atoms. The van der Waals surface area contributed by atoms with Gasteiger partial charge in [0.25, 0.3) is 0 Å². The van der Waals surface area contributed by atoms with Gasteiger partial charge in [0, 0.05) is 25.7 Å². The van der Waals surface area contributed by atoms with Crippen LogP contribution in [0.15, 0.2) is 0 Å². The van der Waals surface area contributed by atoms with Gasteiger partial charge in [0.05, 0.1) is 6.61 Å². The lowest BCUT2D eigenvalue weighted by atomic mass is 10.1. The Morgan fingerprint density at radius 2 is 2.19 bits per heavy atom. The van der Waals surface area contributed by atoms with Gasteiger partial charge in [-0.3, -0.25) is 0 Å². The quantitative estimate of drug-likeness (QED) is 0.672. The van der Waals surface area contributed by atoms with Crippen LogP contribution in [0.3, 0.4) is 0 Å². The van der Waals surface area contributed by atoms with E-state index in [2.05, 4.69) is 31.1 Å². The maximum atomic E-state index is 5.59. The molecule has 1 fully saturated rings. The third-order valence-corrected chi connectivity index (χ3v) is 3.14. The average Bonchev–Trinajstić information content (AvgIpc) is 2.23. The molecule has 0 aromatic rings. The number of rotatable bonds is 7. The molecule has 0 saturated carbocycles. The highest BCUT2D eigenvalue weighted by molar-refractivity contribution is 4.75. The molecule has 3 heteroatoms. The summed E-state index contributed by atoms with van der Waals surface area (Å²) in [6, 6.07) is 0.674. The Morgan fingerprint density at radius 1 is 1.38 bits per heavy atom. The number of likely N-dealkylation sites (tertiary alicyclic amines) is 1. The summed E-state index contributed by atoms with van der Waals surface area (Å²) < 4.78 is 5.59. The lowest BCUT2D eigenvalue weighted by Crippen LogP contribution is -2.44. The van der Waals surface area contributed by atoms with E-state index < -0.39 is 0 Å². The van der Waals surface area contributed by atoms with E-state index in [1.807, 2.05) is 0 Å². The van der Waals surface area contributed by atoms with Crippen LogP contribution in [0.5, 0.6) is 0 Å². The summed E-state index contributed by atoms with van der Waals surface area (Å²) >= 11 is 0. The monoisotopic (exact) mass is 228 g/mol. The fourth-order valence-electron chi connectivity index (χ4n) is 2.09. The van der Waals surface area contributed by atoms with E-state index in [4.69, 9.17) is 4.74 Å². The zero-order valence-corrected chi connectivity index (χ0v) is 11.2. The van der Waals surface area contributed by atoms with Gasteiger partial charge in [-0.25, -0.2) is 0 Å². The largest absolute Gasteiger partial charge is 0.380 e. The van der Waals surface area contributed by atoms with Crippen LogP contribution in [0.1, 0.15) is 33.1 Å². The molecule has 0 aliphatic carbocycles. The van der Waals surface area contributed by atoms with Crippen LogP contribution < -0.4 is 5.32 Å². The number of ether oxygens (including phenoxy) is 1. The summed E-state index contributed by atoms with van der Waals surface area (Å²) in [5.41, 5.74) is 0. The molecule has 0 radical (unpaired) electrons. The van der Waals surface area contributed by atoms with E-state index in [0.29, 0.717) is 6.04 Å². The average molecular weight is 228 g/mol. The molecular weight excluding hydrogens is 200 g/mol. The molecule has 1 N–H and O–H groups in total. The predicted octanol–water partition coefficient (Wildman–Crippen LogP) is 1.73. The molecule has 0 aromatic heterocycles. The Hall–Kier alpha value is -0.120. The fraction of sp³-hybridized carbons (Fsp3) is 1.00. The van der Waals surface area contributed by atoms with Crippen LogP contribution >= 0.6 is 0 Å². The fourth-order valence-corrected chi connectivity index (χ4v) is 2.09. The molecule has 96 valence electrons. The standard InChI is InChI=1S/C13H28N2O/c1-12(2)6-9-16-10-7-14-13-5-4-8-15(3)11-13/h12-14H,4-11H2,1-3H3. The zero-order valence-electron chi connectivity index (χ0n) is 11.2. The van der Waals surface area contributed by atoms with Crippen molar-refractivity contribution in [3.8, 4) is 0 Å². The Morgan fingerprint density at radius 3 is 2.88 bits per heavy atom. The van der Waals surface area contributed by atoms with Crippen molar-refractivity contribution in [3.05, 3.63) is 0 Å². The lowest BCUT2D eigenvalue weighted by Gasteiger charge is -2.30. The molecule has 1 saturated heterocycles. The van der Waals surface area contributed by atoms with Crippen molar-refractivity contribution >= 4 is 0 Å². The highest BCUT2D eigenvalue weighted by atomic mass is 16.5. The van der Waals surface area contributed by atoms with Gasteiger partial charge in [-0.05, 0) is 38.8 Å². The van der Waals surface area contributed by atoms with Crippen molar-refractivity contribution in [2.45, 2.75) is 39.2 Å². The smallest absolute Gasteiger partial charge is 0.0591 e. The zero-order chi connectivity index (χ0) is 11.8. The molecule has 0 amide bonds. The van der Waals surface area contributed by atoms with E-state index in [1.165, 1.54) is 32.4 Å². The Bertz CT molecular complexity index is 173. The van der Waals surface area contributed by atoms with Gasteiger partial charge in [-0.15, -0.1) is 0 Å². The third-order valence-electron chi connectivity index (χ3n) is 3.14. The highest BCUT2D eigenvalue weighted by Gasteiger charge is 2.15. The maximum Gasteiger partial charge on any atom is 0.0591 e. The molecule has 1 heterocycles. The van der Waals surface area contributed by atoms with Gasteiger partial charge in [0.15, 0.2) is 0 Å². The van der Waals surface area contributed by atoms with Gasteiger partial charge in [0.1, 0.15) is 0 Å². The van der Waals surface area contributed by atoms with Crippen LogP contribution in [-0.2, 0) is 4.74 Å². The first-order valence-corrected chi connectivity index (χ1v) is 6.68. The normalized spacial score (nSPS) is 22.9. The summed E-state index contributed by atoms with van der Waals surface area (Å²) in [6.07, 6.45) is 3.81. The minimum absolute atomic E-state index is 0.674. The molecule has 1 atom stereocenters. The number of hydrogen-bond acceptors (Lipinski definition) is 3. The topological polar surface area (TPSA) is 24.5 Å². The Labute approximate surface area is 101 Å². The van der Waals surface area contributed by atoms with Gasteiger partial charge in [-0.1, -0.05) is 13.8 Å². The molecule has 1 aliphatic rings. The van der Waals surface area contributed by atoms with Gasteiger partial charge in [0.2, 0.25) is 0 Å². The van der Waals surface area contributed by atoms with Crippen molar-refractivity contribution in [2.24, 2.45) is 5.92 Å². The molecule has 1 unspecified atom stereocenters. The van der Waals surface area contributed by atoms with Gasteiger partial charge >= 0.3 is 0 Å². The number of likely N-dealkylation sites (N-methyl/N-ethyl adjacent to an activating group) is 1. The van der Waals surface area contributed by atoms with Crippen molar-refractivity contribution < 1.29 is 4.74 Å². The second kappa shape index (κ2) is 8.04. The SMILES string of the molecule is CC(C)CCOCCNC1CCCN(C)C1. The minimum Gasteiger partial charge on any atom is -0.380 e. The van der Waals surface area contributed by atoms with Crippen molar-refractivity contribution in [2.75, 3.05) is 39.9 Å². The van der Waals surface area contributed by atoms with E-state index in [-0.39, 0.29) is 0 Å². The van der Waals surface area contributed by atoms with E-state index in [9.17, 15) is 0 Å². The second-order valence-corrected chi connectivity index (χ2v) is 5.35. The third kappa shape index (κ3) is 6.46. The van der Waals surface area contributed by atoms with Crippen LogP contribution in [0.4, 0.5) is 0 Å². The van der Waals surface area contributed by atoms with Crippen molar-refractivity contribution in [3.63, 3.8) is 0 Å². The molecule has 3 nitrogen and oxygen atoms in total. The Kier molecular flexibility index (Phi) is 7.01. The highest BCUT2D eigenvalue weighted by Crippen LogP contribution is 2.07. The van der Waals surface area contributed by atoms with Crippen LogP contribution in [0.2, 0.25) is 0 Å². The predicted molar refractivity (Wildman–Crippen MR) is 68.8 cm³/mol. The minimum atomic E-state index is 0.674. The summed E-state index contributed by atoms with van der Waals surface area (Å²) in [5, 5.41) is 3.57. The first kappa shape index (κ1) is 13.9. The summed E-state index contributed by atoms with van der Waals surface area (Å²) in [6.45, 7) is 9.67. The number of hydrogen-bond donors (Lipinski definition) is 1. The van der Waals surface area contributed by atoms with Crippen LogP contribution in [0.25, 0.3) is 0 Å². The first-order chi connectivity index (χ1) is 7.68. The van der Waals surface area contributed by atoms with Crippen LogP contribution in [-0.4, -0.2) is 50.8 Å². The van der Waals surface area contributed by atoms with Crippen molar-refractivity contribution in [1.82, 2.24) is 10.2 Å². The molecule has 1 rings (SSSR count).